The molecule has 6 nitrogen and oxygen atoms in total. The van der Waals surface area contributed by atoms with E-state index in [0.717, 1.165) is 5.69 Å². The maximum Gasteiger partial charge on any atom is 0.271 e. The molecule has 0 fully saturated rings. The van der Waals surface area contributed by atoms with Crippen LogP contribution in [0.4, 0.5) is 0 Å². The van der Waals surface area contributed by atoms with E-state index in [2.05, 4.69) is 10.4 Å². The van der Waals surface area contributed by atoms with Gasteiger partial charge in [0.25, 0.3) is 5.91 Å². The van der Waals surface area contributed by atoms with E-state index in [1.54, 1.807) is 29.9 Å². The molecule has 1 aromatic carbocycles. The highest BCUT2D eigenvalue weighted by molar-refractivity contribution is 5.92. The van der Waals surface area contributed by atoms with E-state index in [4.69, 9.17) is 0 Å². The van der Waals surface area contributed by atoms with Crippen LogP contribution >= 0.6 is 0 Å². The summed E-state index contributed by atoms with van der Waals surface area (Å²) in [5, 5.41) is 25.8. The van der Waals surface area contributed by atoms with Crippen molar-refractivity contribution in [2.45, 2.75) is 13.0 Å². The first-order valence-electron chi connectivity index (χ1n) is 6.23. The van der Waals surface area contributed by atoms with E-state index in [1.165, 1.54) is 12.1 Å². The predicted molar refractivity (Wildman–Crippen MR) is 73.3 cm³/mol. The van der Waals surface area contributed by atoms with Gasteiger partial charge in [-0.1, -0.05) is 12.1 Å². The van der Waals surface area contributed by atoms with Crippen molar-refractivity contribution in [3.63, 3.8) is 0 Å². The number of aryl methyl sites for hydroxylation is 2. The van der Waals surface area contributed by atoms with Crippen LogP contribution in [0.3, 0.4) is 0 Å². The molecule has 0 radical (unpaired) electrons. The summed E-state index contributed by atoms with van der Waals surface area (Å²) in [5.74, 6) is -0.194. The normalized spacial score (nSPS) is 12.2. The lowest BCUT2D eigenvalue weighted by Gasteiger charge is -2.11. The van der Waals surface area contributed by atoms with E-state index in [9.17, 15) is 15.0 Å². The molecule has 1 amide bonds. The second kappa shape index (κ2) is 5.75. The minimum absolute atomic E-state index is 0.0826. The molecule has 0 aliphatic rings. The van der Waals surface area contributed by atoms with E-state index >= 15 is 0 Å². The standard InChI is InChI=1S/C14H17N3O3/c1-9-7-12(16-17(9)2)14(20)15-8-13(19)10-3-5-11(18)6-4-10/h3-7,13,18-19H,8H2,1-2H3,(H,15,20). The molecule has 20 heavy (non-hydrogen) atoms. The van der Waals surface area contributed by atoms with Crippen LogP contribution in [-0.4, -0.2) is 32.4 Å². The third-order valence-electron chi connectivity index (χ3n) is 3.08. The molecule has 1 heterocycles. The second-order valence-electron chi connectivity index (χ2n) is 4.61. The van der Waals surface area contributed by atoms with Crippen LogP contribution in [0.15, 0.2) is 30.3 Å². The number of carbonyl (C=O) groups excluding carboxylic acids is 1. The molecule has 2 rings (SSSR count). The van der Waals surface area contributed by atoms with Gasteiger partial charge in [-0.15, -0.1) is 0 Å². The minimum Gasteiger partial charge on any atom is -0.508 e. The largest absolute Gasteiger partial charge is 0.508 e. The molecular formula is C14H17N3O3. The van der Waals surface area contributed by atoms with E-state index < -0.39 is 6.10 Å². The second-order valence-corrected chi connectivity index (χ2v) is 4.61. The Morgan fingerprint density at radius 1 is 1.40 bits per heavy atom. The van der Waals surface area contributed by atoms with Crippen LogP contribution in [0.25, 0.3) is 0 Å². The summed E-state index contributed by atoms with van der Waals surface area (Å²) in [6.45, 7) is 1.94. The van der Waals surface area contributed by atoms with Gasteiger partial charge in [-0.25, -0.2) is 0 Å². The van der Waals surface area contributed by atoms with Crippen molar-refractivity contribution in [3.8, 4) is 5.75 Å². The fourth-order valence-electron chi connectivity index (χ4n) is 1.77. The van der Waals surface area contributed by atoms with Gasteiger partial charge in [0, 0.05) is 19.3 Å². The fraction of sp³-hybridized carbons (Fsp3) is 0.286. The van der Waals surface area contributed by atoms with Crippen LogP contribution in [-0.2, 0) is 7.05 Å². The first kappa shape index (κ1) is 14.1. The van der Waals surface area contributed by atoms with Crippen LogP contribution in [0.1, 0.15) is 27.8 Å². The summed E-state index contributed by atoms with van der Waals surface area (Å²) >= 11 is 0. The average Bonchev–Trinajstić information content (AvgIpc) is 2.76. The number of nitrogens with one attached hydrogen (secondary N) is 1. The van der Waals surface area contributed by atoms with E-state index in [-0.39, 0.29) is 18.2 Å². The summed E-state index contributed by atoms with van der Waals surface area (Å²) in [6, 6.07) is 7.88. The van der Waals surface area contributed by atoms with Crippen LogP contribution in [0, 0.1) is 6.92 Å². The van der Waals surface area contributed by atoms with Gasteiger partial charge in [-0.2, -0.15) is 5.10 Å². The van der Waals surface area contributed by atoms with Crippen molar-refractivity contribution >= 4 is 5.91 Å². The van der Waals surface area contributed by atoms with E-state index in [1.807, 2.05) is 6.92 Å². The van der Waals surface area contributed by atoms with Crippen LogP contribution in [0.2, 0.25) is 0 Å². The zero-order valence-corrected chi connectivity index (χ0v) is 11.4. The Bertz CT molecular complexity index is 585. The molecule has 1 atom stereocenters. The number of aliphatic hydroxyl groups excluding tert-OH is 1. The minimum atomic E-state index is -0.829. The molecule has 1 aromatic heterocycles. The van der Waals surface area contributed by atoms with Crippen molar-refractivity contribution in [3.05, 3.63) is 47.3 Å². The van der Waals surface area contributed by atoms with Gasteiger partial charge in [-0.05, 0) is 30.7 Å². The molecule has 0 saturated heterocycles. The summed E-state index contributed by atoms with van der Waals surface area (Å²) in [6.07, 6.45) is -0.829. The Balaban J connectivity index is 1.94. The lowest BCUT2D eigenvalue weighted by Crippen LogP contribution is -2.28. The Labute approximate surface area is 116 Å². The summed E-state index contributed by atoms with van der Waals surface area (Å²) in [4.78, 5) is 11.9. The molecule has 0 aliphatic carbocycles. The molecular weight excluding hydrogens is 258 g/mol. The lowest BCUT2D eigenvalue weighted by molar-refractivity contribution is 0.0910. The Hall–Kier alpha value is -2.34. The van der Waals surface area contributed by atoms with E-state index in [0.29, 0.717) is 11.3 Å². The predicted octanol–water partition coefficient (Wildman–Crippen LogP) is 0.898. The Morgan fingerprint density at radius 3 is 2.60 bits per heavy atom. The first-order chi connectivity index (χ1) is 9.47. The monoisotopic (exact) mass is 275 g/mol. The number of nitrogens with zero attached hydrogens (tertiary/aromatic N) is 2. The number of aromatic nitrogens is 2. The zero-order chi connectivity index (χ0) is 14.7. The maximum absolute atomic E-state index is 11.9. The highest BCUT2D eigenvalue weighted by Crippen LogP contribution is 2.16. The lowest BCUT2D eigenvalue weighted by atomic mass is 10.1. The molecule has 2 aromatic rings. The fourth-order valence-corrected chi connectivity index (χ4v) is 1.77. The molecule has 0 spiro atoms. The van der Waals surface area contributed by atoms with Gasteiger partial charge in [0.05, 0.1) is 6.10 Å². The number of aliphatic hydroxyl groups is 1. The smallest absolute Gasteiger partial charge is 0.271 e. The number of amides is 1. The van der Waals surface area contributed by atoms with Gasteiger partial charge >= 0.3 is 0 Å². The molecule has 0 saturated carbocycles. The number of phenols is 1. The molecule has 6 heteroatoms. The number of aromatic hydroxyl groups is 1. The van der Waals surface area contributed by atoms with Crippen molar-refractivity contribution in [2.75, 3.05) is 6.54 Å². The quantitative estimate of drug-likeness (QED) is 0.773. The maximum atomic E-state index is 11.9. The highest BCUT2D eigenvalue weighted by Gasteiger charge is 2.13. The van der Waals surface area contributed by atoms with Crippen LogP contribution < -0.4 is 5.32 Å². The Kier molecular flexibility index (Phi) is 4.05. The zero-order valence-electron chi connectivity index (χ0n) is 11.4. The highest BCUT2D eigenvalue weighted by atomic mass is 16.3. The number of rotatable bonds is 4. The van der Waals surface area contributed by atoms with Gasteiger partial charge in [-0.3, -0.25) is 9.48 Å². The number of hydrogen-bond donors (Lipinski definition) is 3. The third kappa shape index (κ3) is 3.16. The molecule has 0 aliphatic heterocycles. The molecule has 106 valence electrons. The van der Waals surface area contributed by atoms with Crippen molar-refractivity contribution in [1.29, 1.82) is 0 Å². The third-order valence-corrected chi connectivity index (χ3v) is 3.08. The summed E-state index contributed by atoms with van der Waals surface area (Å²) in [7, 11) is 1.76. The number of benzene rings is 1. The summed E-state index contributed by atoms with van der Waals surface area (Å²) in [5.41, 5.74) is 1.83. The van der Waals surface area contributed by atoms with Crippen LogP contribution in [0.5, 0.6) is 5.75 Å². The van der Waals surface area contributed by atoms with Crippen molar-refractivity contribution < 1.29 is 15.0 Å². The first-order valence-corrected chi connectivity index (χ1v) is 6.23. The van der Waals surface area contributed by atoms with Gasteiger partial charge < -0.3 is 15.5 Å². The van der Waals surface area contributed by atoms with Gasteiger partial charge in [0.15, 0.2) is 0 Å². The molecule has 3 N–H and O–H groups in total. The van der Waals surface area contributed by atoms with Crippen molar-refractivity contribution in [1.82, 2.24) is 15.1 Å². The number of carbonyl (C=O) groups is 1. The van der Waals surface area contributed by atoms with Gasteiger partial charge in [0.2, 0.25) is 0 Å². The SMILES string of the molecule is Cc1cc(C(=O)NCC(O)c2ccc(O)cc2)nn1C. The number of phenolic OH excluding ortho intramolecular Hbond substituents is 1. The van der Waals surface area contributed by atoms with Gasteiger partial charge in [0.1, 0.15) is 11.4 Å². The topological polar surface area (TPSA) is 87.4 Å². The number of hydrogen-bond acceptors (Lipinski definition) is 4. The Morgan fingerprint density at radius 2 is 2.05 bits per heavy atom. The molecule has 1 unspecified atom stereocenters. The molecule has 0 bridgehead atoms. The van der Waals surface area contributed by atoms with Crippen molar-refractivity contribution in [2.24, 2.45) is 7.05 Å². The summed E-state index contributed by atoms with van der Waals surface area (Å²) < 4.78 is 1.62. The average molecular weight is 275 g/mol.